The molecule has 0 radical (unpaired) electrons. The molecule has 3 heteroatoms. The molecule has 16 heavy (non-hydrogen) atoms. The van der Waals surface area contributed by atoms with Crippen LogP contribution in [0.25, 0.3) is 0 Å². The topological polar surface area (TPSA) is 27.1 Å². The number of hydrogen-bond acceptors (Lipinski definition) is 2. The third-order valence-electron chi connectivity index (χ3n) is 2.35. The first-order valence-corrected chi connectivity index (χ1v) is 5.51. The Hall–Kier alpha value is -1.77. The molecule has 2 aromatic rings. The first-order chi connectivity index (χ1) is 7.84. The van der Waals surface area contributed by atoms with Crippen molar-refractivity contribution in [3.8, 4) is 5.75 Å². The van der Waals surface area contributed by atoms with Crippen LogP contribution in [0.4, 0.5) is 0 Å². The zero-order valence-electron chi connectivity index (χ0n) is 9.47. The van der Waals surface area contributed by atoms with E-state index in [1.165, 1.54) is 5.56 Å². The van der Waals surface area contributed by atoms with Gasteiger partial charge in [0.1, 0.15) is 5.75 Å². The Morgan fingerprint density at radius 1 is 1.31 bits per heavy atom. The average molecular weight is 216 g/mol. The number of rotatable bonds is 5. The highest BCUT2D eigenvalue weighted by Crippen LogP contribution is 2.12. The molecule has 2 rings (SSSR count). The highest BCUT2D eigenvalue weighted by Gasteiger charge is 1.94. The van der Waals surface area contributed by atoms with Crippen LogP contribution < -0.4 is 4.74 Å². The molecule has 0 aliphatic carbocycles. The highest BCUT2D eigenvalue weighted by molar-refractivity contribution is 5.27. The van der Waals surface area contributed by atoms with Crippen LogP contribution in [0.1, 0.15) is 12.0 Å². The molecule has 1 heterocycles. The molecule has 0 aliphatic rings. The number of benzene rings is 1. The van der Waals surface area contributed by atoms with E-state index in [9.17, 15) is 0 Å². The van der Waals surface area contributed by atoms with Gasteiger partial charge in [-0.05, 0) is 30.7 Å². The zero-order chi connectivity index (χ0) is 11.2. The smallest absolute Gasteiger partial charge is 0.119 e. The van der Waals surface area contributed by atoms with Crippen LogP contribution in [-0.4, -0.2) is 16.4 Å². The minimum Gasteiger partial charge on any atom is -0.494 e. The molecule has 0 unspecified atom stereocenters. The second kappa shape index (κ2) is 5.35. The SMILES string of the molecule is Cc1cccc(OCCCn2cccn2)c1. The molecule has 0 bridgehead atoms. The van der Waals surface area contributed by atoms with Gasteiger partial charge in [-0.15, -0.1) is 0 Å². The Morgan fingerprint density at radius 3 is 3.00 bits per heavy atom. The summed E-state index contributed by atoms with van der Waals surface area (Å²) >= 11 is 0. The molecule has 0 atom stereocenters. The van der Waals surface area contributed by atoms with E-state index in [0.717, 1.165) is 25.3 Å². The van der Waals surface area contributed by atoms with Gasteiger partial charge in [-0.2, -0.15) is 5.10 Å². The maximum absolute atomic E-state index is 5.64. The molecule has 0 saturated carbocycles. The third kappa shape index (κ3) is 3.12. The molecule has 1 aromatic heterocycles. The van der Waals surface area contributed by atoms with Crippen molar-refractivity contribution in [3.05, 3.63) is 48.3 Å². The molecule has 0 fully saturated rings. The van der Waals surface area contributed by atoms with E-state index in [1.54, 1.807) is 6.20 Å². The van der Waals surface area contributed by atoms with Gasteiger partial charge in [0.25, 0.3) is 0 Å². The van der Waals surface area contributed by atoms with Gasteiger partial charge in [-0.1, -0.05) is 12.1 Å². The molecule has 3 nitrogen and oxygen atoms in total. The Kier molecular flexibility index (Phi) is 3.59. The number of aryl methyl sites for hydroxylation is 2. The van der Waals surface area contributed by atoms with Crippen molar-refractivity contribution >= 4 is 0 Å². The Labute approximate surface area is 95.7 Å². The van der Waals surface area contributed by atoms with E-state index in [0.29, 0.717) is 0 Å². The first kappa shape index (κ1) is 10.7. The largest absolute Gasteiger partial charge is 0.494 e. The van der Waals surface area contributed by atoms with Gasteiger partial charge in [0.15, 0.2) is 0 Å². The van der Waals surface area contributed by atoms with Gasteiger partial charge in [-0.3, -0.25) is 4.68 Å². The lowest BCUT2D eigenvalue weighted by Gasteiger charge is -2.06. The fourth-order valence-electron chi connectivity index (χ4n) is 1.55. The molecule has 84 valence electrons. The van der Waals surface area contributed by atoms with Crippen LogP contribution >= 0.6 is 0 Å². The maximum Gasteiger partial charge on any atom is 0.119 e. The number of nitrogens with zero attached hydrogens (tertiary/aromatic N) is 2. The van der Waals surface area contributed by atoms with Gasteiger partial charge >= 0.3 is 0 Å². The van der Waals surface area contributed by atoms with Crippen molar-refractivity contribution in [3.63, 3.8) is 0 Å². The molecular weight excluding hydrogens is 200 g/mol. The molecular formula is C13H16N2O. The molecule has 0 amide bonds. The van der Waals surface area contributed by atoms with Gasteiger partial charge in [0.2, 0.25) is 0 Å². The van der Waals surface area contributed by atoms with Gasteiger partial charge < -0.3 is 4.74 Å². The van der Waals surface area contributed by atoms with Crippen molar-refractivity contribution in [1.82, 2.24) is 9.78 Å². The van der Waals surface area contributed by atoms with E-state index in [4.69, 9.17) is 4.74 Å². The normalized spacial score (nSPS) is 10.3. The summed E-state index contributed by atoms with van der Waals surface area (Å²) in [5.41, 5.74) is 1.23. The van der Waals surface area contributed by atoms with Crippen molar-refractivity contribution in [2.45, 2.75) is 19.9 Å². The second-order valence-electron chi connectivity index (χ2n) is 3.79. The van der Waals surface area contributed by atoms with Crippen LogP contribution in [0.15, 0.2) is 42.7 Å². The lowest BCUT2D eigenvalue weighted by atomic mass is 10.2. The standard InChI is InChI=1S/C13H16N2O/c1-12-5-2-6-13(11-12)16-10-4-9-15-8-3-7-14-15/h2-3,5-8,11H,4,9-10H2,1H3. The predicted octanol–water partition coefficient (Wildman–Crippen LogP) is 2.66. The van der Waals surface area contributed by atoms with Crippen LogP contribution in [0, 0.1) is 6.92 Å². The van der Waals surface area contributed by atoms with Crippen molar-refractivity contribution < 1.29 is 4.74 Å². The lowest BCUT2D eigenvalue weighted by Crippen LogP contribution is -2.04. The Balaban J connectivity index is 1.72. The monoisotopic (exact) mass is 216 g/mol. The summed E-state index contributed by atoms with van der Waals surface area (Å²) in [6.07, 6.45) is 4.73. The molecule has 0 N–H and O–H groups in total. The average Bonchev–Trinajstić information content (AvgIpc) is 2.77. The van der Waals surface area contributed by atoms with E-state index in [1.807, 2.05) is 35.1 Å². The molecule has 1 aromatic carbocycles. The fourth-order valence-corrected chi connectivity index (χ4v) is 1.55. The summed E-state index contributed by atoms with van der Waals surface area (Å²) in [5.74, 6) is 0.945. The minimum atomic E-state index is 0.726. The second-order valence-corrected chi connectivity index (χ2v) is 3.79. The van der Waals surface area contributed by atoms with Crippen LogP contribution in [0.3, 0.4) is 0 Å². The lowest BCUT2D eigenvalue weighted by molar-refractivity contribution is 0.298. The summed E-state index contributed by atoms with van der Waals surface area (Å²) in [6, 6.07) is 10.0. The first-order valence-electron chi connectivity index (χ1n) is 5.51. The third-order valence-corrected chi connectivity index (χ3v) is 2.35. The summed E-state index contributed by atoms with van der Waals surface area (Å²) in [4.78, 5) is 0. The number of ether oxygens (including phenoxy) is 1. The summed E-state index contributed by atoms with van der Waals surface area (Å²) in [7, 11) is 0. The number of aromatic nitrogens is 2. The maximum atomic E-state index is 5.64. The zero-order valence-corrected chi connectivity index (χ0v) is 9.47. The van der Waals surface area contributed by atoms with Gasteiger partial charge in [-0.25, -0.2) is 0 Å². The van der Waals surface area contributed by atoms with E-state index >= 15 is 0 Å². The predicted molar refractivity (Wildman–Crippen MR) is 63.5 cm³/mol. The van der Waals surface area contributed by atoms with Crippen LogP contribution in [-0.2, 0) is 6.54 Å². The quantitative estimate of drug-likeness (QED) is 0.718. The number of hydrogen-bond donors (Lipinski definition) is 0. The Bertz CT molecular complexity index is 423. The van der Waals surface area contributed by atoms with Crippen molar-refractivity contribution in [2.75, 3.05) is 6.61 Å². The van der Waals surface area contributed by atoms with Gasteiger partial charge in [0.05, 0.1) is 6.61 Å². The highest BCUT2D eigenvalue weighted by atomic mass is 16.5. The van der Waals surface area contributed by atoms with Crippen LogP contribution in [0.5, 0.6) is 5.75 Å². The fraction of sp³-hybridized carbons (Fsp3) is 0.308. The Morgan fingerprint density at radius 2 is 2.25 bits per heavy atom. The summed E-state index contributed by atoms with van der Waals surface area (Å²) < 4.78 is 7.56. The molecule has 0 aliphatic heterocycles. The van der Waals surface area contributed by atoms with Crippen LogP contribution in [0.2, 0.25) is 0 Å². The molecule has 0 spiro atoms. The summed E-state index contributed by atoms with van der Waals surface area (Å²) in [6.45, 7) is 3.69. The molecule has 0 saturated heterocycles. The minimum absolute atomic E-state index is 0.726. The van der Waals surface area contributed by atoms with Crippen molar-refractivity contribution in [2.24, 2.45) is 0 Å². The summed E-state index contributed by atoms with van der Waals surface area (Å²) in [5, 5.41) is 4.14. The van der Waals surface area contributed by atoms with E-state index in [-0.39, 0.29) is 0 Å². The van der Waals surface area contributed by atoms with E-state index < -0.39 is 0 Å². The van der Waals surface area contributed by atoms with Crippen molar-refractivity contribution in [1.29, 1.82) is 0 Å². The van der Waals surface area contributed by atoms with Gasteiger partial charge in [0, 0.05) is 25.4 Å². The van der Waals surface area contributed by atoms with E-state index in [2.05, 4.69) is 18.1 Å².